The zero-order chi connectivity index (χ0) is 27.6. The van der Waals surface area contributed by atoms with Gasteiger partial charge in [0, 0.05) is 11.1 Å². The number of esters is 2. The number of benzene rings is 2. The standard InChI is InChI=1S/C27H25NO7S3/c1-27(2)23(36)20(26-37-21(24(30)33-4)22(38-26)25(31)34-5)17-13-16(32-3)11-12-18(17)28(27)19(29)14-35-15-9-7-6-8-10-15/h6-13H,14H2,1-5H3. The van der Waals surface area contributed by atoms with Gasteiger partial charge in [-0.2, -0.15) is 0 Å². The first-order chi connectivity index (χ1) is 18.1. The Morgan fingerprint density at radius 3 is 2.05 bits per heavy atom. The van der Waals surface area contributed by atoms with Crippen LogP contribution in [0.4, 0.5) is 5.69 Å². The number of amides is 1. The van der Waals surface area contributed by atoms with Crippen molar-refractivity contribution in [2.75, 3.05) is 32.8 Å². The lowest BCUT2D eigenvalue weighted by Gasteiger charge is -2.45. The first-order valence-electron chi connectivity index (χ1n) is 11.4. The highest BCUT2D eigenvalue weighted by atomic mass is 32.2. The third-order valence-electron chi connectivity index (χ3n) is 5.95. The Hall–Kier alpha value is -3.28. The number of fused-ring (bicyclic) bond motifs is 1. The number of methoxy groups -OCH3 is 3. The quantitative estimate of drug-likeness (QED) is 0.269. The van der Waals surface area contributed by atoms with Crippen LogP contribution in [0.2, 0.25) is 0 Å². The van der Waals surface area contributed by atoms with Crippen LogP contribution >= 0.6 is 35.7 Å². The second-order valence-corrected chi connectivity index (χ2v) is 11.3. The van der Waals surface area contributed by atoms with Crippen molar-refractivity contribution in [2.24, 2.45) is 0 Å². The van der Waals surface area contributed by atoms with Crippen molar-refractivity contribution >= 4 is 69.7 Å². The molecule has 8 nitrogen and oxygen atoms in total. The molecule has 4 rings (SSSR count). The van der Waals surface area contributed by atoms with Gasteiger partial charge in [-0.1, -0.05) is 53.9 Å². The van der Waals surface area contributed by atoms with Crippen LogP contribution in [0.15, 0.2) is 62.6 Å². The van der Waals surface area contributed by atoms with E-state index in [2.05, 4.69) is 0 Å². The van der Waals surface area contributed by atoms with Crippen molar-refractivity contribution in [3.05, 3.63) is 68.1 Å². The fourth-order valence-corrected chi connectivity index (χ4v) is 7.13. The molecule has 0 aromatic heterocycles. The summed E-state index contributed by atoms with van der Waals surface area (Å²) in [5, 5.41) is 0. The normalized spacial score (nSPS) is 16.2. The molecule has 38 heavy (non-hydrogen) atoms. The molecule has 0 saturated carbocycles. The third kappa shape index (κ3) is 5.05. The molecule has 2 aliphatic rings. The summed E-state index contributed by atoms with van der Waals surface area (Å²) in [6, 6.07) is 14.4. The van der Waals surface area contributed by atoms with Crippen LogP contribution in [-0.2, 0) is 23.9 Å². The van der Waals surface area contributed by atoms with Gasteiger partial charge in [-0.25, -0.2) is 9.59 Å². The molecule has 0 saturated heterocycles. The molecular weight excluding hydrogens is 546 g/mol. The lowest BCUT2D eigenvalue weighted by molar-refractivity contribution is -0.138. The van der Waals surface area contributed by atoms with Crippen molar-refractivity contribution in [2.45, 2.75) is 19.4 Å². The van der Waals surface area contributed by atoms with Crippen LogP contribution in [-0.4, -0.2) is 56.2 Å². The molecule has 2 aromatic rings. The summed E-state index contributed by atoms with van der Waals surface area (Å²) < 4.78 is 21.6. The Balaban J connectivity index is 1.82. The molecule has 0 N–H and O–H groups in total. The van der Waals surface area contributed by atoms with E-state index in [9.17, 15) is 14.4 Å². The lowest BCUT2D eigenvalue weighted by Crippen LogP contribution is -2.57. The topological polar surface area (TPSA) is 91.4 Å². The van der Waals surface area contributed by atoms with E-state index in [-0.39, 0.29) is 22.3 Å². The van der Waals surface area contributed by atoms with E-state index < -0.39 is 17.5 Å². The summed E-state index contributed by atoms with van der Waals surface area (Å²) >= 11 is 8.17. The van der Waals surface area contributed by atoms with Gasteiger partial charge in [0.15, 0.2) is 6.61 Å². The van der Waals surface area contributed by atoms with Crippen molar-refractivity contribution in [1.82, 2.24) is 0 Å². The number of thioether (sulfide) groups is 2. The number of para-hydroxylation sites is 1. The van der Waals surface area contributed by atoms with Crippen LogP contribution in [0.25, 0.3) is 5.57 Å². The van der Waals surface area contributed by atoms with Crippen LogP contribution in [0.3, 0.4) is 0 Å². The summed E-state index contributed by atoms with van der Waals surface area (Å²) in [7, 11) is 4.04. The summed E-state index contributed by atoms with van der Waals surface area (Å²) in [5.41, 5.74) is 0.909. The van der Waals surface area contributed by atoms with Gasteiger partial charge in [0.2, 0.25) is 0 Å². The molecule has 11 heteroatoms. The van der Waals surface area contributed by atoms with Crippen LogP contribution in [0.5, 0.6) is 11.5 Å². The van der Waals surface area contributed by atoms with Gasteiger partial charge in [0.05, 0.1) is 41.7 Å². The molecule has 198 valence electrons. The minimum absolute atomic E-state index is 0.117. The fraction of sp³-hybridized carbons (Fsp3) is 0.259. The van der Waals surface area contributed by atoms with Crippen molar-refractivity contribution in [1.29, 1.82) is 0 Å². The number of rotatable bonds is 6. The lowest BCUT2D eigenvalue weighted by atomic mass is 9.83. The highest BCUT2D eigenvalue weighted by Gasteiger charge is 2.46. The number of nitrogens with zero attached hydrogens (tertiary/aromatic N) is 1. The van der Waals surface area contributed by atoms with E-state index >= 15 is 0 Å². The maximum atomic E-state index is 13.6. The van der Waals surface area contributed by atoms with E-state index in [0.29, 0.717) is 37.4 Å². The van der Waals surface area contributed by atoms with Gasteiger partial charge in [0.1, 0.15) is 21.3 Å². The van der Waals surface area contributed by atoms with Gasteiger partial charge in [-0.15, -0.1) is 0 Å². The van der Waals surface area contributed by atoms with Gasteiger partial charge in [-0.3, -0.25) is 9.69 Å². The first kappa shape index (κ1) is 27.7. The van der Waals surface area contributed by atoms with Crippen molar-refractivity contribution in [3.8, 4) is 11.5 Å². The van der Waals surface area contributed by atoms with Crippen molar-refractivity contribution in [3.63, 3.8) is 0 Å². The molecule has 2 heterocycles. The maximum Gasteiger partial charge on any atom is 0.346 e. The zero-order valence-electron chi connectivity index (χ0n) is 21.4. The first-order valence-corrected chi connectivity index (χ1v) is 13.4. The molecule has 0 unspecified atom stereocenters. The summed E-state index contributed by atoms with van der Waals surface area (Å²) in [6.07, 6.45) is 0. The molecule has 2 aliphatic heterocycles. The average Bonchev–Trinajstić information content (AvgIpc) is 3.36. The van der Waals surface area contributed by atoms with Gasteiger partial charge < -0.3 is 18.9 Å². The Morgan fingerprint density at radius 1 is 0.895 bits per heavy atom. The molecule has 1 amide bonds. The average molecular weight is 572 g/mol. The summed E-state index contributed by atoms with van der Waals surface area (Å²) in [6.45, 7) is 3.50. The predicted octanol–water partition coefficient (Wildman–Crippen LogP) is 4.98. The maximum absolute atomic E-state index is 13.6. The number of anilines is 1. The van der Waals surface area contributed by atoms with E-state index in [1.54, 1.807) is 42.3 Å². The molecule has 0 bridgehead atoms. The van der Waals surface area contributed by atoms with Gasteiger partial charge >= 0.3 is 11.9 Å². The monoisotopic (exact) mass is 571 g/mol. The molecule has 2 aromatic carbocycles. The molecular formula is C27H25NO7S3. The third-order valence-corrected chi connectivity index (χ3v) is 9.21. The number of ether oxygens (including phenoxy) is 4. The predicted molar refractivity (Wildman–Crippen MR) is 152 cm³/mol. The second-order valence-electron chi connectivity index (χ2n) is 8.61. The smallest absolute Gasteiger partial charge is 0.346 e. The van der Waals surface area contributed by atoms with Crippen molar-refractivity contribution < 1.29 is 33.3 Å². The number of carbonyl (C=O) groups is 3. The van der Waals surface area contributed by atoms with Gasteiger partial charge in [0.25, 0.3) is 5.91 Å². The molecule has 0 fully saturated rings. The minimum Gasteiger partial charge on any atom is -0.497 e. The Labute approximate surface area is 234 Å². The molecule has 0 radical (unpaired) electrons. The van der Waals surface area contributed by atoms with Crippen LogP contribution in [0, 0.1) is 0 Å². The highest BCUT2D eigenvalue weighted by molar-refractivity contribution is 8.29. The van der Waals surface area contributed by atoms with E-state index in [4.69, 9.17) is 31.2 Å². The molecule has 0 aliphatic carbocycles. The highest BCUT2D eigenvalue weighted by Crippen LogP contribution is 2.56. The van der Waals surface area contributed by atoms with E-state index in [0.717, 1.165) is 23.5 Å². The minimum atomic E-state index is -0.947. The van der Waals surface area contributed by atoms with E-state index in [1.165, 1.54) is 14.2 Å². The fourth-order valence-electron chi connectivity index (χ4n) is 4.10. The number of hydrogen-bond acceptors (Lipinski definition) is 10. The summed E-state index contributed by atoms with van der Waals surface area (Å²) in [5.74, 6) is -0.460. The second kappa shape index (κ2) is 11.2. The number of hydrogen-bond donors (Lipinski definition) is 0. The number of carbonyl (C=O) groups excluding carboxylic acids is 3. The SMILES string of the molecule is COC(=O)C1=C(C(=O)OC)SC(=C2C(=S)C(C)(C)N(C(=O)COc3ccccc3)c3ccc(OC)cc32)S1. The van der Waals surface area contributed by atoms with E-state index in [1.807, 2.05) is 32.0 Å². The number of thiocarbonyl (C=S) groups is 1. The van der Waals surface area contributed by atoms with Crippen LogP contribution < -0.4 is 14.4 Å². The Bertz CT molecular complexity index is 1350. The Morgan fingerprint density at radius 2 is 1.50 bits per heavy atom. The van der Waals surface area contributed by atoms with Gasteiger partial charge in [-0.05, 0) is 44.2 Å². The molecule has 0 spiro atoms. The van der Waals surface area contributed by atoms with Crippen LogP contribution in [0.1, 0.15) is 19.4 Å². The largest absolute Gasteiger partial charge is 0.497 e. The molecule has 0 atom stereocenters. The zero-order valence-corrected chi connectivity index (χ0v) is 23.8. The summed E-state index contributed by atoms with van der Waals surface area (Å²) in [4.78, 5) is 40.9. The Kier molecular flexibility index (Phi) is 8.19.